The van der Waals surface area contributed by atoms with Crippen molar-refractivity contribution in [3.05, 3.63) is 0 Å². The Morgan fingerprint density at radius 2 is 0.905 bits per heavy atom. The van der Waals surface area contributed by atoms with Gasteiger partial charge in [-0.05, 0) is 47.2 Å². The van der Waals surface area contributed by atoms with Crippen molar-refractivity contribution < 1.29 is 0 Å². The van der Waals surface area contributed by atoms with Gasteiger partial charge in [0.15, 0.2) is 0 Å². The third-order valence-electron chi connectivity index (χ3n) is 5.22. The molecule has 2 rings (SSSR count). The molecular weight excluding hydrogens is 260 g/mol. The summed E-state index contributed by atoms with van der Waals surface area (Å²) < 4.78 is 0. The lowest BCUT2D eigenvalue weighted by Gasteiger charge is -2.38. The molecule has 0 amide bonds. The van der Waals surface area contributed by atoms with Crippen LogP contribution in [0.15, 0.2) is 0 Å². The summed E-state index contributed by atoms with van der Waals surface area (Å²) >= 11 is 0. The molecule has 4 heteroatoms. The fraction of sp³-hybridized carbons (Fsp3) is 1.00. The molecule has 0 atom stereocenters. The van der Waals surface area contributed by atoms with Gasteiger partial charge in [0.1, 0.15) is 0 Å². The van der Waals surface area contributed by atoms with E-state index in [1.54, 1.807) is 0 Å². The minimum absolute atomic E-state index is 0.712. The summed E-state index contributed by atoms with van der Waals surface area (Å²) in [6.45, 7) is 21.9. The van der Waals surface area contributed by atoms with Gasteiger partial charge in [-0.2, -0.15) is 0 Å². The Balaban J connectivity index is 1.55. The van der Waals surface area contributed by atoms with E-state index >= 15 is 0 Å². The molecule has 0 aromatic rings. The molecule has 2 aliphatic heterocycles. The van der Waals surface area contributed by atoms with Gasteiger partial charge >= 0.3 is 0 Å². The Morgan fingerprint density at radius 1 is 0.571 bits per heavy atom. The van der Waals surface area contributed by atoms with E-state index < -0.39 is 0 Å². The van der Waals surface area contributed by atoms with Gasteiger partial charge in [-0.3, -0.25) is 9.80 Å². The zero-order valence-corrected chi connectivity index (χ0v) is 14.7. The van der Waals surface area contributed by atoms with Crippen LogP contribution in [-0.4, -0.2) is 97.1 Å². The lowest BCUT2D eigenvalue weighted by atomic mass is 10.2. The largest absolute Gasteiger partial charge is 0.301 e. The standard InChI is InChI=1S/C17H36N4/c1-16(2)20-12-8-18(9-13-20)6-5-7-19-10-14-21(15-11-19)17(3)4/h16-17H,5-15H2,1-4H3. The number of hydrogen-bond acceptors (Lipinski definition) is 4. The van der Waals surface area contributed by atoms with Crippen molar-refractivity contribution in [1.29, 1.82) is 0 Å². The zero-order chi connectivity index (χ0) is 15.2. The summed E-state index contributed by atoms with van der Waals surface area (Å²) in [5.41, 5.74) is 0. The summed E-state index contributed by atoms with van der Waals surface area (Å²) in [4.78, 5) is 10.5. The van der Waals surface area contributed by atoms with E-state index in [1.807, 2.05) is 0 Å². The van der Waals surface area contributed by atoms with Crippen molar-refractivity contribution in [1.82, 2.24) is 19.6 Å². The fourth-order valence-corrected chi connectivity index (χ4v) is 3.52. The maximum Gasteiger partial charge on any atom is 0.0113 e. The predicted octanol–water partition coefficient (Wildman–Crippen LogP) is 1.43. The lowest BCUT2D eigenvalue weighted by molar-refractivity contribution is 0.0902. The molecule has 0 radical (unpaired) electrons. The van der Waals surface area contributed by atoms with E-state index in [0.29, 0.717) is 12.1 Å². The number of piperazine rings is 2. The average molecular weight is 297 g/mol. The van der Waals surface area contributed by atoms with Crippen LogP contribution in [-0.2, 0) is 0 Å². The van der Waals surface area contributed by atoms with Gasteiger partial charge in [-0.15, -0.1) is 0 Å². The van der Waals surface area contributed by atoms with Crippen LogP contribution in [0.4, 0.5) is 0 Å². The molecule has 4 nitrogen and oxygen atoms in total. The first kappa shape index (κ1) is 17.2. The van der Waals surface area contributed by atoms with E-state index in [0.717, 1.165) is 0 Å². The van der Waals surface area contributed by atoms with Crippen LogP contribution in [0.5, 0.6) is 0 Å². The topological polar surface area (TPSA) is 13.0 Å². The maximum absolute atomic E-state index is 2.66. The Bertz CT molecular complexity index is 249. The van der Waals surface area contributed by atoms with E-state index in [2.05, 4.69) is 47.3 Å². The second-order valence-electron chi connectivity index (χ2n) is 7.30. The Morgan fingerprint density at radius 3 is 1.19 bits per heavy atom. The Kier molecular flexibility index (Phi) is 6.93. The van der Waals surface area contributed by atoms with Crippen LogP contribution in [0.25, 0.3) is 0 Å². The highest BCUT2D eigenvalue weighted by atomic mass is 15.3. The molecule has 2 aliphatic rings. The summed E-state index contributed by atoms with van der Waals surface area (Å²) in [7, 11) is 0. The second kappa shape index (κ2) is 8.47. The van der Waals surface area contributed by atoms with E-state index in [1.165, 1.54) is 71.9 Å². The molecule has 124 valence electrons. The molecular formula is C17H36N4. The van der Waals surface area contributed by atoms with Crippen LogP contribution in [0, 0.1) is 0 Å². The molecule has 0 N–H and O–H groups in total. The van der Waals surface area contributed by atoms with Crippen LogP contribution in [0.3, 0.4) is 0 Å². The minimum atomic E-state index is 0.712. The molecule has 0 saturated carbocycles. The highest BCUT2D eigenvalue weighted by Crippen LogP contribution is 2.08. The van der Waals surface area contributed by atoms with Gasteiger partial charge in [0.2, 0.25) is 0 Å². The number of nitrogens with zero attached hydrogens (tertiary/aromatic N) is 4. The van der Waals surface area contributed by atoms with E-state index in [4.69, 9.17) is 0 Å². The van der Waals surface area contributed by atoms with Crippen LogP contribution < -0.4 is 0 Å². The Labute approximate surface area is 132 Å². The highest BCUT2D eigenvalue weighted by molar-refractivity contribution is 4.76. The quantitative estimate of drug-likeness (QED) is 0.735. The first-order chi connectivity index (χ1) is 10.1. The monoisotopic (exact) mass is 296 g/mol. The summed E-state index contributed by atoms with van der Waals surface area (Å²) in [5.74, 6) is 0. The number of rotatable bonds is 6. The molecule has 0 spiro atoms. The smallest absolute Gasteiger partial charge is 0.0113 e. The first-order valence-electron chi connectivity index (χ1n) is 8.99. The van der Waals surface area contributed by atoms with Crippen LogP contribution in [0.2, 0.25) is 0 Å². The van der Waals surface area contributed by atoms with Gasteiger partial charge in [-0.25, -0.2) is 0 Å². The maximum atomic E-state index is 2.66. The molecule has 0 aromatic carbocycles. The molecule has 21 heavy (non-hydrogen) atoms. The van der Waals surface area contributed by atoms with Crippen LogP contribution in [0.1, 0.15) is 34.1 Å². The van der Waals surface area contributed by atoms with Crippen molar-refractivity contribution in [2.45, 2.75) is 46.2 Å². The second-order valence-corrected chi connectivity index (χ2v) is 7.30. The average Bonchev–Trinajstić information content (AvgIpc) is 2.48. The molecule has 2 fully saturated rings. The van der Waals surface area contributed by atoms with Gasteiger partial charge in [0.05, 0.1) is 0 Å². The number of hydrogen-bond donors (Lipinski definition) is 0. The molecule has 0 aromatic heterocycles. The SMILES string of the molecule is CC(C)N1CCN(CCCN2CCN(C(C)C)CC2)CC1. The van der Waals surface area contributed by atoms with Crippen molar-refractivity contribution in [2.24, 2.45) is 0 Å². The lowest BCUT2D eigenvalue weighted by Crippen LogP contribution is -2.50. The zero-order valence-electron chi connectivity index (χ0n) is 14.7. The molecule has 2 heterocycles. The highest BCUT2D eigenvalue weighted by Gasteiger charge is 2.20. The molecule has 0 bridgehead atoms. The summed E-state index contributed by atoms with van der Waals surface area (Å²) in [6, 6.07) is 1.42. The molecule has 0 unspecified atom stereocenters. The third kappa shape index (κ3) is 5.51. The van der Waals surface area contributed by atoms with Crippen molar-refractivity contribution in [2.75, 3.05) is 65.4 Å². The normalized spacial score (nSPS) is 24.3. The minimum Gasteiger partial charge on any atom is -0.301 e. The van der Waals surface area contributed by atoms with Crippen LogP contribution >= 0.6 is 0 Å². The predicted molar refractivity (Wildman–Crippen MR) is 90.9 cm³/mol. The van der Waals surface area contributed by atoms with E-state index in [9.17, 15) is 0 Å². The van der Waals surface area contributed by atoms with E-state index in [-0.39, 0.29) is 0 Å². The summed E-state index contributed by atoms with van der Waals surface area (Å²) in [5, 5.41) is 0. The first-order valence-corrected chi connectivity index (χ1v) is 8.99. The van der Waals surface area contributed by atoms with Gasteiger partial charge in [0, 0.05) is 64.4 Å². The molecule has 0 aliphatic carbocycles. The summed E-state index contributed by atoms with van der Waals surface area (Å²) in [6.07, 6.45) is 1.34. The Hall–Kier alpha value is -0.160. The fourth-order valence-electron chi connectivity index (χ4n) is 3.52. The third-order valence-corrected chi connectivity index (χ3v) is 5.22. The van der Waals surface area contributed by atoms with Crippen molar-refractivity contribution >= 4 is 0 Å². The molecule has 2 saturated heterocycles. The van der Waals surface area contributed by atoms with Gasteiger partial charge in [-0.1, -0.05) is 0 Å². The van der Waals surface area contributed by atoms with Gasteiger partial charge < -0.3 is 9.80 Å². The van der Waals surface area contributed by atoms with Crippen molar-refractivity contribution in [3.8, 4) is 0 Å². The van der Waals surface area contributed by atoms with Crippen molar-refractivity contribution in [3.63, 3.8) is 0 Å². The van der Waals surface area contributed by atoms with Gasteiger partial charge in [0.25, 0.3) is 0 Å².